The maximum Gasteiger partial charge on any atom is 0.246 e. The maximum atomic E-state index is 12.5. The lowest BCUT2D eigenvalue weighted by Crippen LogP contribution is -2.50. The molecule has 6 nitrogen and oxygen atoms in total. The summed E-state index contributed by atoms with van der Waals surface area (Å²) in [5.74, 6) is 0.455. The molecule has 7 heteroatoms. The quantitative estimate of drug-likeness (QED) is 0.792. The smallest absolute Gasteiger partial charge is 0.246 e. The van der Waals surface area contributed by atoms with Crippen molar-refractivity contribution in [3.8, 4) is 0 Å². The monoisotopic (exact) mass is 346 g/mol. The van der Waals surface area contributed by atoms with Crippen LogP contribution in [0.15, 0.2) is 64.1 Å². The van der Waals surface area contributed by atoms with Crippen molar-refractivity contribution in [3.63, 3.8) is 0 Å². The molecule has 1 aromatic carbocycles. The number of sulfonamides is 1. The van der Waals surface area contributed by atoms with Gasteiger partial charge in [0.15, 0.2) is 0 Å². The minimum atomic E-state index is -3.50. The van der Waals surface area contributed by atoms with Crippen LogP contribution in [-0.4, -0.2) is 49.7 Å². The average molecular weight is 346 g/mol. The highest BCUT2D eigenvalue weighted by Gasteiger charge is 2.29. The van der Waals surface area contributed by atoms with E-state index in [1.165, 1.54) is 16.6 Å². The second-order valence-corrected chi connectivity index (χ2v) is 7.33. The second-order valence-electron chi connectivity index (χ2n) is 5.39. The van der Waals surface area contributed by atoms with Crippen LogP contribution in [0.25, 0.3) is 6.08 Å². The van der Waals surface area contributed by atoms with Crippen LogP contribution in [-0.2, 0) is 14.8 Å². The van der Waals surface area contributed by atoms with E-state index in [0.717, 1.165) is 0 Å². The molecule has 126 valence electrons. The predicted octanol–water partition coefficient (Wildman–Crippen LogP) is 1.83. The van der Waals surface area contributed by atoms with E-state index >= 15 is 0 Å². The number of benzene rings is 1. The van der Waals surface area contributed by atoms with Crippen LogP contribution in [0.1, 0.15) is 5.76 Å². The van der Waals surface area contributed by atoms with Gasteiger partial charge in [-0.05, 0) is 30.3 Å². The fraction of sp³-hybridized carbons (Fsp3) is 0.235. The van der Waals surface area contributed by atoms with Gasteiger partial charge in [0.2, 0.25) is 15.9 Å². The van der Waals surface area contributed by atoms with Crippen LogP contribution in [0.2, 0.25) is 0 Å². The molecular formula is C17H18N2O4S. The van der Waals surface area contributed by atoms with E-state index in [2.05, 4.69) is 0 Å². The third-order valence-corrected chi connectivity index (χ3v) is 5.78. The van der Waals surface area contributed by atoms with Gasteiger partial charge in [-0.25, -0.2) is 8.42 Å². The van der Waals surface area contributed by atoms with Crippen molar-refractivity contribution < 1.29 is 17.6 Å². The number of hydrogen-bond acceptors (Lipinski definition) is 4. The number of amides is 1. The van der Waals surface area contributed by atoms with Crippen LogP contribution < -0.4 is 0 Å². The van der Waals surface area contributed by atoms with Crippen molar-refractivity contribution in [1.82, 2.24) is 9.21 Å². The highest BCUT2D eigenvalue weighted by molar-refractivity contribution is 7.89. The first-order chi connectivity index (χ1) is 11.6. The Labute approximate surface area is 141 Å². The summed E-state index contributed by atoms with van der Waals surface area (Å²) in [7, 11) is -3.50. The van der Waals surface area contributed by atoms with Crippen molar-refractivity contribution in [2.75, 3.05) is 26.2 Å². The molecule has 0 unspecified atom stereocenters. The van der Waals surface area contributed by atoms with E-state index < -0.39 is 10.0 Å². The molecule has 0 N–H and O–H groups in total. The molecule has 1 saturated heterocycles. The van der Waals surface area contributed by atoms with Crippen LogP contribution in [0.3, 0.4) is 0 Å². The summed E-state index contributed by atoms with van der Waals surface area (Å²) < 4.78 is 31.6. The molecule has 1 fully saturated rings. The molecule has 1 aliphatic rings. The fourth-order valence-electron chi connectivity index (χ4n) is 2.54. The predicted molar refractivity (Wildman–Crippen MR) is 89.5 cm³/mol. The lowest BCUT2D eigenvalue weighted by Gasteiger charge is -2.33. The normalized spacial score (nSPS) is 16.6. The highest BCUT2D eigenvalue weighted by atomic mass is 32.2. The maximum absolute atomic E-state index is 12.5. The lowest BCUT2D eigenvalue weighted by atomic mass is 10.3. The van der Waals surface area contributed by atoms with Gasteiger partial charge in [-0.2, -0.15) is 4.31 Å². The third kappa shape index (κ3) is 3.58. The molecule has 0 spiro atoms. The number of hydrogen-bond donors (Lipinski definition) is 0. The topological polar surface area (TPSA) is 70.8 Å². The van der Waals surface area contributed by atoms with Gasteiger partial charge in [0.25, 0.3) is 0 Å². The lowest BCUT2D eigenvalue weighted by molar-refractivity contribution is -0.127. The summed E-state index contributed by atoms with van der Waals surface area (Å²) in [6.07, 6.45) is 4.59. The summed E-state index contributed by atoms with van der Waals surface area (Å²) in [6.45, 7) is 1.32. The molecule has 1 amide bonds. The fourth-order valence-corrected chi connectivity index (χ4v) is 3.98. The Hall–Kier alpha value is -2.38. The molecule has 0 bridgehead atoms. The molecular weight excluding hydrogens is 328 g/mol. The molecule has 3 rings (SSSR count). The summed E-state index contributed by atoms with van der Waals surface area (Å²) in [6, 6.07) is 11.8. The van der Waals surface area contributed by atoms with Crippen LogP contribution in [0, 0.1) is 0 Å². The molecule has 24 heavy (non-hydrogen) atoms. The first-order valence-electron chi connectivity index (χ1n) is 7.63. The van der Waals surface area contributed by atoms with E-state index in [-0.39, 0.29) is 23.9 Å². The number of carbonyl (C=O) groups excluding carboxylic acids is 1. The van der Waals surface area contributed by atoms with Gasteiger partial charge in [0, 0.05) is 32.3 Å². The Kier molecular flexibility index (Phi) is 4.82. The van der Waals surface area contributed by atoms with Gasteiger partial charge in [-0.3, -0.25) is 4.79 Å². The van der Waals surface area contributed by atoms with Gasteiger partial charge >= 0.3 is 0 Å². The minimum Gasteiger partial charge on any atom is -0.465 e. The molecule has 2 aromatic rings. The van der Waals surface area contributed by atoms with Crippen molar-refractivity contribution in [2.24, 2.45) is 0 Å². The standard InChI is InChI=1S/C17H18N2O4S/c20-17(9-8-15-5-4-14-23-15)18-10-12-19(13-11-18)24(21,22)16-6-2-1-3-7-16/h1-9,14H,10-13H2. The summed E-state index contributed by atoms with van der Waals surface area (Å²) >= 11 is 0. The van der Waals surface area contributed by atoms with E-state index in [1.807, 2.05) is 0 Å². The number of rotatable bonds is 4. The van der Waals surface area contributed by atoms with E-state index in [4.69, 9.17) is 4.42 Å². The molecule has 0 aliphatic carbocycles. The molecule has 1 aromatic heterocycles. The number of carbonyl (C=O) groups is 1. The van der Waals surface area contributed by atoms with Crippen LogP contribution in [0.5, 0.6) is 0 Å². The van der Waals surface area contributed by atoms with Crippen molar-refractivity contribution in [3.05, 3.63) is 60.6 Å². The zero-order chi connectivity index (χ0) is 17.0. The molecule has 0 atom stereocenters. The first-order valence-corrected chi connectivity index (χ1v) is 9.07. The van der Waals surface area contributed by atoms with Crippen LogP contribution >= 0.6 is 0 Å². The Bertz CT molecular complexity index is 806. The Morgan fingerprint density at radius 1 is 1.00 bits per heavy atom. The first kappa shape index (κ1) is 16.5. The zero-order valence-corrected chi connectivity index (χ0v) is 13.9. The summed E-state index contributed by atoms with van der Waals surface area (Å²) in [5, 5.41) is 0. The third-order valence-electron chi connectivity index (χ3n) is 3.86. The van der Waals surface area contributed by atoms with Gasteiger partial charge in [-0.15, -0.1) is 0 Å². The van der Waals surface area contributed by atoms with Gasteiger partial charge in [0.05, 0.1) is 11.2 Å². The van der Waals surface area contributed by atoms with Gasteiger partial charge < -0.3 is 9.32 Å². The van der Waals surface area contributed by atoms with Crippen LogP contribution in [0.4, 0.5) is 0 Å². The Morgan fingerprint density at radius 2 is 1.71 bits per heavy atom. The van der Waals surface area contributed by atoms with Crippen molar-refractivity contribution >= 4 is 22.0 Å². The SMILES string of the molecule is O=C(C=Cc1ccco1)N1CCN(S(=O)(=O)c2ccccc2)CC1. The zero-order valence-electron chi connectivity index (χ0n) is 13.0. The Morgan fingerprint density at radius 3 is 2.33 bits per heavy atom. The number of nitrogens with zero attached hydrogens (tertiary/aromatic N) is 2. The molecule has 0 saturated carbocycles. The largest absolute Gasteiger partial charge is 0.465 e. The number of furan rings is 1. The van der Waals surface area contributed by atoms with E-state index in [1.54, 1.807) is 53.4 Å². The van der Waals surface area contributed by atoms with E-state index in [9.17, 15) is 13.2 Å². The van der Waals surface area contributed by atoms with Crippen molar-refractivity contribution in [2.45, 2.75) is 4.90 Å². The van der Waals surface area contributed by atoms with Crippen molar-refractivity contribution in [1.29, 1.82) is 0 Å². The molecule has 1 aliphatic heterocycles. The molecule has 0 radical (unpaired) electrons. The second kappa shape index (κ2) is 7.02. The summed E-state index contributed by atoms with van der Waals surface area (Å²) in [5.41, 5.74) is 0. The highest BCUT2D eigenvalue weighted by Crippen LogP contribution is 2.17. The average Bonchev–Trinajstić information content (AvgIpc) is 3.14. The molecule has 2 heterocycles. The van der Waals surface area contributed by atoms with Gasteiger partial charge in [-0.1, -0.05) is 18.2 Å². The number of piperazine rings is 1. The summed E-state index contributed by atoms with van der Waals surface area (Å²) in [4.78, 5) is 14.1. The minimum absolute atomic E-state index is 0.150. The van der Waals surface area contributed by atoms with Gasteiger partial charge in [0.1, 0.15) is 5.76 Å². The Balaban J connectivity index is 1.60. The van der Waals surface area contributed by atoms with E-state index in [0.29, 0.717) is 18.8 Å².